The highest BCUT2D eigenvalue weighted by Crippen LogP contribution is 2.20. The molecule has 0 aliphatic rings. The van der Waals surface area contributed by atoms with Crippen molar-refractivity contribution >= 4 is 5.97 Å². The molecule has 0 saturated heterocycles. The van der Waals surface area contributed by atoms with Crippen LogP contribution in [0, 0.1) is 5.92 Å². The number of benzene rings is 2. The van der Waals surface area contributed by atoms with Crippen LogP contribution in [0.15, 0.2) is 60.7 Å². The topological polar surface area (TPSA) is 44.8 Å². The second-order valence-corrected chi connectivity index (χ2v) is 9.91. The van der Waals surface area contributed by atoms with Crippen LogP contribution in [-0.2, 0) is 0 Å². The molecule has 0 radical (unpaired) electrons. The smallest absolute Gasteiger partial charge is 0.343 e. The number of carbonyl (C=O) groups is 1. The average molecular weight is 509 g/mol. The Labute approximate surface area is 225 Å². The number of rotatable bonds is 20. The zero-order valence-corrected chi connectivity index (χ0v) is 23.4. The molecule has 0 spiro atoms. The summed E-state index contributed by atoms with van der Waals surface area (Å²) < 4.78 is 17.1. The van der Waals surface area contributed by atoms with Crippen LogP contribution in [0.4, 0.5) is 0 Å². The van der Waals surface area contributed by atoms with Crippen molar-refractivity contribution in [3.63, 3.8) is 0 Å². The van der Waals surface area contributed by atoms with Crippen LogP contribution in [0.3, 0.4) is 0 Å². The van der Waals surface area contributed by atoms with E-state index in [9.17, 15) is 4.79 Å². The molecule has 204 valence electrons. The van der Waals surface area contributed by atoms with Gasteiger partial charge in [-0.1, -0.05) is 71.4 Å². The summed E-state index contributed by atoms with van der Waals surface area (Å²) in [6, 6.07) is 14.4. The van der Waals surface area contributed by atoms with Gasteiger partial charge in [0.25, 0.3) is 0 Å². The summed E-state index contributed by atoms with van der Waals surface area (Å²) in [4.78, 5) is 12.5. The summed E-state index contributed by atoms with van der Waals surface area (Å²) in [6.45, 7) is 8.19. The van der Waals surface area contributed by atoms with Crippen molar-refractivity contribution in [1.29, 1.82) is 0 Å². The maximum absolute atomic E-state index is 12.5. The van der Waals surface area contributed by atoms with Gasteiger partial charge in [-0.2, -0.15) is 0 Å². The largest absolute Gasteiger partial charge is 0.494 e. The van der Waals surface area contributed by atoms with Crippen molar-refractivity contribution in [3.05, 3.63) is 66.2 Å². The van der Waals surface area contributed by atoms with E-state index in [-0.39, 0.29) is 5.97 Å². The number of carbonyl (C=O) groups excluding carboxylic acids is 1. The zero-order chi connectivity index (χ0) is 26.6. The Morgan fingerprint density at radius 3 is 1.84 bits per heavy atom. The minimum absolute atomic E-state index is 0.382. The van der Waals surface area contributed by atoms with Crippen molar-refractivity contribution in [1.82, 2.24) is 0 Å². The molecular weight excluding hydrogens is 460 g/mol. The summed E-state index contributed by atoms with van der Waals surface area (Å²) in [7, 11) is 0. The van der Waals surface area contributed by atoms with Crippen molar-refractivity contribution in [3.8, 4) is 17.2 Å². The van der Waals surface area contributed by atoms with Crippen molar-refractivity contribution < 1.29 is 19.0 Å². The van der Waals surface area contributed by atoms with Gasteiger partial charge in [-0.25, -0.2) is 4.79 Å². The summed E-state index contributed by atoms with van der Waals surface area (Å²) in [6.07, 6.45) is 19.0. The van der Waals surface area contributed by atoms with Crippen LogP contribution in [0.1, 0.15) is 108 Å². The van der Waals surface area contributed by atoms with E-state index in [1.165, 1.54) is 51.4 Å². The fourth-order valence-corrected chi connectivity index (χ4v) is 3.93. The lowest BCUT2D eigenvalue weighted by Crippen LogP contribution is -2.08. The van der Waals surface area contributed by atoms with Gasteiger partial charge in [0.2, 0.25) is 0 Å². The van der Waals surface area contributed by atoms with Gasteiger partial charge in [-0.3, -0.25) is 0 Å². The summed E-state index contributed by atoms with van der Waals surface area (Å²) in [5.74, 6) is 2.51. The van der Waals surface area contributed by atoms with Gasteiger partial charge >= 0.3 is 5.97 Å². The number of allylic oxidation sites excluding steroid dienone is 2. The fraction of sp³-hybridized carbons (Fsp3) is 0.545. The molecule has 37 heavy (non-hydrogen) atoms. The molecule has 4 heteroatoms. The van der Waals surface area contributed by atoms with Crippen LogP contribution >= 0.6 is 0 Å². The molecule has 2 aromatic rings. The molecule has 0 heterocycles. The molecule has 1 atom stereocenters. The molecule has 4 nitrogen and oxygen atoms in total. The predicted octanol–water partition coefficient (Wildman–Crippen LogP) is 9.58. The SMILES string of the molecule is CCCCC/C=C\CCCCOc1ccc(C(=O)Oc2ccc(OCCCCC[C@@H](C)CC)cc2)cc1. The van der Waals surface area contributed by atoms with Gasteiger partial charge in [0.1, 0.15) is 17.2 Å². The average Bonchev–Trinajstić information content (AvgIpc) is 2.92. The van der Waals surface area contributed by atoms with E-state index < -0.39 is 0 Å². The van der Waals surface area contributed by atoms with Crippen LogP contribution < -0.4 is 14.2 Å². The normalized spacial score (nSPS) is 12.0. The second kappa shape index (κ2) is 19.4. The molecule has 2 aromatic carbocycles. The summed E-state index contributed by atoms with van der Waals surface area (Å²) in [5, 5.41) is 0. The highest BCUT2D eigenvalue weighted by Gasteiger charge is 2.09. The van der Waals surface area contributed by atoms with Crippen LogP contribution in [0.5, 0.6) is 17.2 Å². The minimum atomic E-state index is -0.382. The van der Waals surface area contributed by atoms with Gasteiger partial charge < -0.3 is 14.2 Å². The number of hydrogen-bond acceptors (Lipinski definition) is 4. The molecule has 0 unspecified atom stereocenters. The Morgan fingerprint density at radius 2 is 1.24 bits per heavy atom. The van der Waals surface area contributed by atoms with E-state index in [1.807, 2.05) is 24.3 Å². The Morgan fingerprint density at radius 1 is 0.703 bits per heavy atom. The lowest BCUT2D eigenvalue weighted by molar-refractivity contribution is 0.0734. The van der Waals surface area contributed by atoms with E-state index in [2.05, 4.69) is 32.9 Å². The van der Waals surface area contributed by atoms with Crippen molar-refractivity contribution in [2.45, 2.75) is 97.8 Å². The summed E-state index contributed by atoms with van der Waals surface area (Å²) in [5.41, 5.74) is 0.498. The van der Waals surface area contributed by atoms with Crippen LogP contribution in [0.2, 0.25) is 0 Å². The Bertz CT molecular complexity index is 870. The molecule has 0 fully saturated rings. The van der Waals surface area contributed by atoms with E-state index in [0.29, 0.717) is 24.5 Å². The third-order valence-corrected chi connectivity index (χ3v) is 6.61. The third kappa shape index (κ3) is 13.9. The lowest BCUT2D eigenvalue weighted by atomic mass is 10.0. The zero-order valence-electron chi connectivity index (χ0n) is 23.4. The second-order valence-electron chi connectivity index (χ2n) is 9.91. The van der Waals surface area contributed by atoms with Crippen LogP contribution in [-0.4, -0.2) is 19.2 Å². The number of unbranched alkanes of at least 4 members (excludes halogenated alkanes) is 7. The first-order valence-corrected chi connectivity index (χ1v) is 14.4. The van der Waals surface area contributed by atoms with Crippen LogP contribution in [0.25, 0.3) is 0 Å². The standard InChI is InChI=1S/C33H48O4/c1-4-6-7-8-9-10-11-12-15-26-35-30-20-18-29(19-21-30)33(34)37-32-24-22-31(23-25-32)36-27-16-13-14-17-28(3)5-2/h9-10,18-25,28H,4-8,11-17,26-27H2,1-3H3/b10-9-/t28-/m0/s1. The molecular formula is C33H48O4. The quantitative estimate of drug-likeness (QED) is 0.0773. The third-order valence-electron chi connectivity index (χ3n) is 6.61. The molecule has 0 aliphatic heterocycles. The first kappa shape index (κ1) is 30.5. The fourth-order valence-electron chi connectivity index (χ4n) is 3.93. The Hall–Kier alpha value is -2.75. The maximum Gasteiger partial charge on any atom is 0.343 e. The van der Waals surface area contributed by atoms with Crippen molar-refractivity contribution in [2.24, 2.45) is 5.92 Å². The van der Waals surface area contributed by atoms with Gasteiger partial charge in [-0.05, 0) is 93.0 Å². The van der Waals surface area contributed by atoms with E-state index in [4.69, 9.17) is 14.2 Å². The first-order chi connectivity index (χ1) is 18.1. The van der Waals surface area contributed by atoms with E-state index in [0.717, 1.165) is 43.1 Å². The maximum atomic E-state index is 12.5. The highest BCUT2D eigenvalue weighted by atomic mass is 16.5. The molecule has 0 saturated carbocycles. The number of esters is 1. The Balaban J connectivity index is 1.61. The van der Waals surface area contributed by atoms with E-state index >= 15 is 0 Å². The van der Waals surface area contributed by atoms with E-state index in [1.54, 1.807) is 24.3 Å². The van der Waals surface area contributed by atoms with Gasteiger partial charge in [0.15, 0.2) is 0 Å². The van der Waals surface area contributed by atoms with Gasteiger partial charge in [0.05, 0.1) is 18.8 Å². The first-order valence-electron chi connectivity index (χ1n) is 14.4. The highest BCUT2D eigenvalue weighted by molar-refractivity contribution is 5.91. The monoisotopic (exact) mass is 508 g/mol. The molecule has 0 bridgehead atoms. The van der Waals surface area contributed by atoms with Gasteiger partial charge in [0, 0.05) is 0 Å². The molecule has 0 amide bonds. The summed E-state index contributed by atoms with van der Waals surface area (Å²) >= 11 is 0. The number of hydrogen-bond donors (Lipinski definition) is 0. The molecule has 0 aromatic heterocycles. The molecule has 0 aliphatic carbocycles. The predicted molar refractivity (Wildman–Crippen MR) is 154 cm³/mol. The molecule has 2 rings (SSSR count). The molecule has 0 N–H and O–H groups in total. The van der Waals surface area contributed by atoms with Crippen molar-refractivity contribution in [2.75, 3.05) is 13.2 Å². The van der Waals surface area contributed by atoms with Gasteiger partial charge in [-0.15, -0.1) is 0 Å². The lowest BCUT2D eigenvalue weighted by Gasteiger charge is -2.10. The minimum Gasteiger partial charge on any atom is -0.494 e. The number of ether oxygens (including phenoxy) is 3. The Kier molecular flexibility index (Phi) is 16.0.